The molecule has 7 heavy (non-hydrogen) atoms. The summed E-state index contributed by atoms with van der Waals surface area (Å²) < 4.78 is 4.78. The first-order chi connectivity index (χ1) is 3.35. The third kappa shape index (κ3) is 2.52. The van der Waals surface area contributed by atoms with Crippen LogP contribution in [0.5, 0.6) is 0 Å². The lowest BCUT2D eigenvalue weighted by Gasteiger charge is -1.96. The second kappa shape index (κ2) is 4.00. The quantitative estimate of drug-likeness (QED) is 0.508. The highest BCUT2D eigenvalue weighted by atomic mass is 35.5. The summed E-state index contributed by atoms with van der Waals surface area (Å²) in [6, 6.07) is 0. The van der Waals surface area contributed by atoms with Gasteiger partial charge < -0.3 is 4.74 Å². The predicted molar refractivity (Wildman–Crippen MR) is 31.2 cm³/mol. The van der Waals surface area contributed by atoms with Crippen molar-refractivity contribution in [3.63, 3.8) is 0 Å². The molecular weight excluding hydrogens is 112 g/mol. The second-order valence-corrected chi connectivity index (χ2v) is 1.35. The van der Waals surface area contributed by atoms with E-state index in [1.165, 1.54) is 5.54 Å². The monoisotopic (exact) mass is 120 g/mol. The molecule has 0 saturated carbocycles. The standard InChI is InChI=1S/C5H9ClO/c1-3-5(4-6)7-2/h4H,3H2,1-2H3/b5-4-. The Morgan fingerprint density at radius 1 is 1.86 bits per heavy atom. The highest BCUT2D eigenvalue weighted by Gasteiger charge is 1.84. The fourth-order valence-electron chi connectivity index (χ4n) is 0.266. The van der Waals surface area contributed by atoms with Crippen LogP contribution in [-0.4, -0.2) is 7.11 Å². The lowest BCUT2D eigenvalue weighted by atomic mass is 10.4. The van der Waals surface area contributed by atoms with E-state index in [1.54, 1.807) is 7.11 Å². The van der Waals surface area contributed by atoms with Crippen LogP contribution in [0.3, 0.4) is 0 Å². The number of allylic oxidation sites excluding steroid dienone is 1. The van der Waals surface area contributed by atoms with Gasteiger partial charge in [-0.1, -0.05) is 18.5 Å². The van der Waals surface area contributed by atoms with Crippen molar-refractivity contribution in [2.24, 2.45) is 0 Å². The smallest absolute Gasteiger partial charge is 0.106 e. The summed E-state index contributed by atoms with van der Waals surface area (Å²) >= 11 is 5.28. The summed E-state index contributed by atoms with van der Waals surface area (Å²) in [4.78, 5) is 0. The van der Waals surface area contributed by atoms with Crippen LogP contribution in [0.2, 0.25) is 0 Å². The first-order valence-electron chi connectivity index (χ1n) is 2.18. The third-order valence-corrected chi connectivity index (χ3v) is 0.976. The molecule has 0 aromatic carbocycles. The maximum Gasteiger partial charge on any atom is 0.106 e. The Morgan fingerprint density at radius 2 is 2.43 bits per heavy atom. The van der Waals surface area contributed by atoms with E-state index in [0.29, 0.717) is 0 Å². The van der Waals surface area contributed by atoms with Crippen molar-refractivity contribution < 1.29 is 4.74 Å². The Balaban J connectivity index is 3.38. The van der Waals surface area contributed by atoms with Gasteiger partial charge in [0.2, 0.25) is 0 Å². The van der Waals surface area contributed by atoms with Crippen molar-refractivity contribution in [2.45, 2.75) is 13.3 Å². The zero-order chi connectivity index (χ0) is 5.70. The Kier molecular flexibility index (Phi) is 3.90. The molecule has 2 heteroatoms. The fraction of sp³-hybridized carbons (Fsp3) is 0.600. The molecule has 0 atom stereocenters. The molecule has 0 heterocycles. The SMILES string of the molecule is CC/C(=C/Cl)OC. The molecular formula is C5H9ClO. The van der Waals surface area contributed by atoms with Crippen molar-refractivity contribution in [3.05, 3.63) is 11.3 Å². The number of hydrogen-bond donors (Lipinski definition) is 0. The van der Waals surface area contributed by atoms with Crippen LogP contribution in [0.15, 0.2) is 11.3 Å². The Hall–Kier alpha value is -0.170. The molecule has 0 radical (unpaired) electrons. The number of rotatable bonds is 2. The maximum atomic E-state index is 5.28. The van der Waals surface area contributed by atoms with E-state index < -0.39 is 0 Å². The molecule has 0 aliphatic rings. The van der Waals surface area contributed by atoms with E-state index in [4.69, 9.17) is 16.3 Å². The number of methoxy groups -OCH3 is 1. The average molecular weight is 121 g/mol. The van der Waals surface area contributed by atoms with Gasteiger partial charge in [0.15, 0.2) is 0 Å². The molecule has 0 saturated heterocycles. The van der Waals surface area contributed by atoms with Gasteiger partial charge in [0.05, 0.1) is 7.11 Å². The zero-order valence-electron chi connectivity index (χ0n) is 4.57. The molecule has 0 aliphatic heterocycles. The summed E-state index contributed by atoms with van der Waals surface area (Å²) in [5.74, 6) is 0.821. The summed E-state index contributed by atoms with van der Waals surface area (Å²) in [7, 11) is 1.61. The largest absolute Gasteiger partial charge is 0.500 e. The predicted octanol–water partition coefficient (Wildman–Crippen LogP) is 2.12. The van der Waals surface area contributed by atoms with Crippen LogP contribution >= 0.6 is 11.6 Å². The highest BCUT2D eigenvalue weighted by molar-refractivity contribution is 6.25. The number of halogens is 1. The third-order valence-electron chi connectivity index (χ3n) is 0.732. The molecule has 0 aliphatic carbocycles. The van der Waals surface area contributed by atoms with Gasteiger partial charge in [-0.15, -0.1) is 0 Å². The van der Waals surface area contributed by atoms with Gasteiger partial charge in [-0.25, -0.2) is 0 Å². The van der Waals surface area contributed by atoms with Crippen LogP contribution in [0.1, 0.15) is 13.3 Å². The normalized spacial score (nSPS) is 11.6. The Bertz CT molecular complexity index is 62.5. The molecule has 0 aromatic heterocycles. The fourth-order valence-corrected chi connectivity index (χ4v) is 0.509. The van der Waals surface area contributed by atoms with Gasteiger partial charge in [-0.3, -0.25) is 0 Å². The summed E-state index contributed by atoms with van der Waals surface area (Å²) in [6.07, 6.45) is 0.861. The second-order valence-electron chi connectivity index (χ2n) is 1.13. The number of hydrogen-bond acceptors (Lipinski definition) is 1. The van der Waals surface area contributed by atoms with E-state index in [-0.39, 0.29) is 0 Å². The lowest BCUT2D eigenvalue weighted by molar-refractivity contribution is 0.282. The first kappa shape index (κ1) is 6.83. The molecule has 1 nitrogen and oxygen atoms in total. The molecule has 0 rings (SSSR count). The minimum Gasteiger partial charge on any atom is -0.500 e. The molecule has 0 amide bonds. The van der Waals surface area contributed by atoms with E-state index >= 15 is 0 Å². The van der Waals surface area contributed by atoms with Gasteiger partial charge in [0.1, 0.15) is 5.76 Å². The van der Waals surface area contributed by atoms with Crippen LogP contribution < -0.4 is 0 Å². The minimum absolute atomic E-state index is 0.821. The first-order valence-corrected chi connectivity index (χ1v) is 2.62. The molecule has 0 unspecified atom stereocenters. The summed E-state index contributed by atoms with van der Waals surface area (Å²) in [5.41, 5.74) is 1.44. The van der Waals surface area contributed by atoms with Gasteiger partial charge in [-0.2, -0.15) is 0 Å². The van der Waals surface area contributed by atoms with Crippen molar-refractivity contribution in [1.29, 1.82) is 0 Å². The maximum absolute atomic E-state index is 5.28. The average Bonchev–Trinajstić information content (AvgIpc) is 1.72. The highest BCUT2D eigenvalue weighted by Crippen LogP contribution is 2.00. The van der Waals surface area contributed by atoms with Crippen LogP contribution in [0.4, 0.5) is 0 Å². The minimum atomic E-state index is 0.821. The van der Waals surface area contributed by atoms with Crippen molar-refractivity contribution >= 4 is 11.6 Å². The molecule has 0 spiro atoms. The molecule has 0 aromatic rings. The van der Waals surface area contributed by atoms with E-state index in [1.807, 2.05) is 6.92 Å². The molecule has 0 bridgehead atoms. The summed E-state index contributed by atoms with van der Waals surface area (Å²) in [6.45, 7) is 1.98. The lowest BCUT2D eigenvalue weighted by Crippen LogP contribution is -1.79. The summed E-state index contributed by atoms with van der Waals surface area (Å²) in [5, 5.41) is 0. The van der Waals surface area contributed by atoms with Crippen LogP contribution in [0, 0.1) is 0 Å². The van der Waals surface area contributed by atoms with Crippen molar-refractivity contribution in [3.8, 4) is 0 Å². The van der Waals surface area contributed by atoms with Gasteiger partial charge in [0, 0.05) is 12.0 Å². The molecule has 0 N–H and O–H groups in total. The van der Waals surface area contributed by atoms with Gasteiger partial charge >= 0.3 is 0 Å². The van der Waals surface area contributed by atoms with Crippen LogP contribution in [0.25, 0.3) is 0 Å². The van der Waals surface area contributed by atoms with Gasteiger partial charge in [-0.05, 0) is 0 Å². The topological polar surface area (TPSA) is 9.23 Å². The van der Waals surface area contributed by atoms with E-state index in [0.717, 1.165) is 12.2 Å². The van der Waals surface area contributed by atoms with Crippen LogP contribution in [-0.2, 0) is 4.74 Å². The zero-order valence-corrected chi connectivity index (χ0v) is 5.33. The van der Waals surface area contributed by atoms with Gasteiger partial charge in [0.25, 0.3) is 0 Å². The van der Waals surface area contributed by atoms with E-state index in [9.17, 15) is 0 Å². The van der Waals surface area contributed by atoms with E-state index in [2.05, 4.69) is 0 Å². The number of ether oxygens (including phenoxy) is 1. The van der Waals surface area contributed by atoms with Crippen molar-refractivity contribution in [1.82, 2.24) is 0 Å². The van der Waals surface area contributed by atoms with Crippen molar-refractivity contribution in [2.75, 3.05) is 7.11 Å². The molecule has 0 fully saturated rings. The Labute approximate surface area is 48.9 Å². The Morgan fingerprint density at radius 3 is 2.43 bits per heavy atom. The molecule has 42 valence electrons.